The number of terminal acetylenes is 1. The van der Waals surface area contributed by atoms with Gasteiger partial charge in [-0.15, -0.1) is 6.42 Å². The van der Waals surface area contributed by atoms with Crippen LogP contribution in [0.1, 0.15) is 37.2 Å². The molecule has 0 aliphatic carbocycles. The fraction of sp³-hybridized carbons (Fsp3) is 0.438. The number of aliphatic carboxylic acids is 1. The van der Waals surface area contributed by atoms with Gasteiger partial charge in [-0.3, -0.25) is 0 Å². The molecule has 4 aromatic rings. The monoisotopic (exact) mass is 637 g/mol. The SMILES string of the molecule is C#Cc1cnc(O[C@H]2C[C@@H](C(=O)O)N(c3nc(C(F)(F)F)nc4c3oc3cc(CC)ccc34)C2)c(N2CCOC3(COC3)[C@@H]2C)c1. The summed E-state index contributed by atoms with van der Waals surface area (Å²) in [5.41, 5.74) is 1.81. The van der Waals surface area contributed by atoms with Gasteiger partial charge in [-0.05, 0) is 37.1 Å². The lowest BCUT2D eigenvalue weighted by molar-refractivity contribution is -0.228. The molecule has 1 N–H and O–H groups in total. The molecule has 0 saturated carbocycles. The Morgan fingerprint density at radius 2 is 2.04 bits per heavy atom. The van der Waals surface area contributed by atoms with E-state index in [2.05, 4.69) is 25.8 Å². The van der Waals surface area contributed by atoms with Crippen LogP contribution in [0, 0.1) is 12.3 Å². The molecule has 1 aromatic carbocycles. The van der Waals surface area contributed by atoms with Gasteiger partial charge in [-0.2, -0.15) is 13.2 Å². The van der Waals surface area contributed by atoms with Crippen molar-refractivity contribution < 1.29 is 41.7 Å². The summed E-state index contributed by atoms with van der Waals surface area (Å²) < 4.78 is 66.1. The second-order valence-corrected chi connectivity index (χ2v) is 11.8. The average molecular weight is 638 g/mol. The zero-order chi connectivity index (χ0) is 32.4. The number of halogens is 3. The van der Waals surface area contributed by atoms with Crippen LogP contribution in [-0.4, -0.2) is 82.7 Å². The third-order valence-electron chi connectivity index (χ3n) is 9.07. The largest absolute Gasteiger partial charge is 0.480 e. The first kappa shape index (κ1) is 30.1. The standard InChI is InChI=1S/C32H30F3N5O6/c1-4-18-6-7-21-24(11-18)46-26-25(21)37-30(32(33,34)35)38-27(26)40-14-20(12-23(40)29(41)42)45-28-22(10-19(5-2)13-36-28)39-8-9-44-31(17(39)3)15-43-16-31/h2,6-7,10-11,13,17,20,23H,4,8-9,12,14-16H2,1,3H3,(H,41,42)/t17-,20-,23-/m0/s1. The Kier molecular flexibility index (Phi) is 7.21. The number of fused-ring (bicyclic) bond motifs is 3. The number of carboxylic acids is 1. The molecule has 6 heterocycles. The van der Waals surface area contributed by atoms with Gasteiger partial charge < -0.3 is 33.5 Å². The van der Waals surface area contributed by atoms with Gasteiger partial charge in [0.15, 0.2) is 11.4 Å². The zero-order valence-electron chi connectivity index (χ0n) is 25.0. The van der Waals surface area contributed by atoms with E-state index in [1.807, 2.05) is 13.8 Å². The van der Waals surface area contributed by atoms with Crippen LogP contribution < -0.4 is 14.5 Å². The minimum atomic E-state index is -4.89. The number of pyridine rings is 1. The number of ether oxygens (including phenoxy) is 3. The second-order valence-electron chi connectivity index (χ2n) is 11.8. The Morgan fingerprint density at radius 1 is 1.24 bits per heavy atom. The summed E-state index contributed by atoms with van der Waals surface area (Å²) in [5, 5.41) is 10.6. The quantitative estimate of drug-likeness (QED) is 0.302. The van der Waals surface area contributed by atoms with E-state index in [9.17, 15) is 23.1 Å². The van der Waals surface area contributed by atoms with E-state index in [4.69, 9.17) is 25.1 Å². The molecule has 1 spiro atoms. The first-order chi connectivity index (χ1) is 22.0. The van der Waals surface area contributed by atoms with Crippen molar-refractivity contribution in [2.24, 2.45) is 0 Å². The van der Waals surface area contributed by atoms with E-state index in [1.165, 1.54) is 11.1 Å². The molecule has 3 atom stereocenters. The zero-order valence-corrected chi connectivity index (χ0v) is 25.0. The summed E-state index contributed by atoms with van der Waals surface area (Å²) in [6.07, 6.45) is 2.12. The van der Waals surface area contributed by atoms with Gasteiger partial charge in [0.1, 0.15) is 34.5 Å². The van der Waals surface area contributed by atoms with Crippen LogP contribution in [0.4, 0.5) is 24.7 Å². The molecule has 0 amide bonds. The van der Waals surface area contributed by atoms with Crippen molar-refractivity contribution in [3.63, 3.8) is 0 Å². The highest BCUT2D eigenvalue weighted by atomic mass is 19.4. The smallest absolute Gasteiger partial charge is 0.451 e. The lowest BCUT2D eigenvalue weighted by Crippen LogP contribution is -2.68. The number of anilines is 2. The van der Waals surface area contributed by atoms with Crippen LogP contribution in [0.15, 0.2) is 34.9 Å². The van der Waals surface area contributed by atoms with Crippen molar-refractivity contribution >= 4 is 39.5 Å². The topological polar surface area (TPSA) is 123 Å². The summed E-state index contributed by atoms with van der Waals surface area (Å²) in [6, 6.07) is 5.57. The molecule has 11 nitrogen and oxygen atoms in total. The van der Waals surface area contributed by atoms with Gasteiger partial charge in [0.05, 0.1) is 32.4 Å². The van der Waals surface area contributed by atoms with E-state index in [1.54, 1.807) is 24.3 Å². The Balaban J connectivity index is 1.27. The fourth-order valence-corrected chi connectivity index (χ4v) is 6.44. The number of nitrogens with zero attached hydrogens (tertiary/aromatic N) is 5. The van der Waals surface area contributed by atoms with E-state index < -0.39 is 35.7 Å². The Morgan fingerprint density at radius 3 is 2.72 bits per heavy atom. The Labute approximate surface area is 261 Å². The minimum Gasteiger partial charge on any atom is -0.480 e. The molecular weight excluding hydrogens is 607 g/mol. The van der Waals surface area contributed by atoms with Crippen LogP contribution in [0.5, 0.6) is 5.88 Å². The molecule has 3 aliphatic heterocycles. The molecule has 3 saturated heterocycles. The number of hydrogen-bond donors (Lipinski definition) is 1. The van der Waals surface area contributed by atoms with Gasteiger partial charge in [0, 0.05) is 30.1 Å². The molecular formula is C32H30F3N5O6. The first-order valence-electron chi connectivity index (χ1n) is 14.9. The van der Waals surface area contributed by atoms with Crippen LogP contribution >= 0.6 is 0 Å². The van der Waals surface area contributed by atoms with Gasteiger partial charge in [0.25, 0.3) is 0 Å². The van der Waals surface area contributed by atoms with Gasteiger partial charge in [-0.25, -0.2) is 19.7 Å². The summed E-state index contributed by atoms with van der Waals surface area (Å²) in [7, 11) is 0. The number of aromatic nitrogens is 3. The number of morpholine rings is 1. The summed E-state index contributed by atoms with van der Waals surface area (Å²) in [4.78, 5) is 28.0. The number of alkyl halides is 3. The highest BCUT2D eigenvalue weighted by Crippen LogP contribution is 2.42. The lowest BCUT2D eigenvalue weighted by atomic mass is 9.90. The first-order valence-corrected chi connectivity index (χ1v) is 14.9. The number of hydrogen-bond acceptors (Lipinski definition) is 10. The molecule has 46 heavy (non-hydrogen) atoms. The number of carboxylic acid groups (broad SMARTS) is 1. The van der Waals surface area contributed by atoms with Crippen molar-refractivity contribution in [3.05, 3.63) is 47.4 Å². The predicted molar refractivity (Wildman–Crippen MR) is 160 cm³/mol. The normalized spacial score (nSPS) is 22.7. The molecule has 3 aliphatic rings. The maximum Gasteiger partial charge on any atom is 0.451 e. The van der Waals surface area contributed by atoms with E-state index in [0.717, 1.165) is 5.56 Å². The number of benzene rings is 1. The van der Waals surface area contributed by atoms with Crippen molar-refractivity contribution in [1.82, 2.24) is 15.0 Å². The highest BCUT2D eigenvalue weighted by molar-refractivity contribution is 6.06. The van der Waals surface area contributed by atoms with Gasteiger partial charge in [-0.1, -0.05) is 18.9 Å². The van der Waals surface area contributed by atoms with Crippen LogP contribution in [0.25, 0.3) is 22.1 Å². The van der Waals surface area contributed by atoms with E-state index in [0.29, 0.717) is 55.0 Å². The second kappa shape index (κ2) is 11.0. The Bertz CT molecular complexity index is 1880. The van der Waals surface area contributed by atoms with Crippen LogP contribution in [0.3, 0.4) is 0 Å². The lowest BCUT2D eigenvalue weighted by Gasteiger charge is -2.53. The predicted octanol–water partition coefficient (Wildman–Crippen LogP) is 4.44. The molecule has 240 valence electrons. The van der Waals surface area contributed by atoms with E-state index in [-0.39, 0.29) is 41.8 Å². The maximum atomic E-state index is 14.1. The summed E-state index contributed by atoms with van der Waals surface area (Å²) in [5.74, 6) is -0.100. The van der Waals surface area contributed by atoms with Crippen LogP contribution in [0.2, 0.25) is 0 Å². The third kappa shape index (κ3) is 4.94. The average Bonchev–Trinajstić information content (AvgIpc) is 3.61. The third-order valence-corrected chi connectivity index (χ3v) is 9.07. The number of aryl methyl sites for hydroxylation is 1. The molecule has 14 heteroatoms. The molecule has 0 bridgehead atoms. The van der Waals surface area contributed by atoms with Crippen LogP contribution in [-0.2, 0) is 26.9 Å². The number of rotatable bonds is 6. The van der Waals surface area contributed by atoms with Gasteiger partial charge >= 0.3 is 12.1 Å². The molecule has 0 radical (unpaired) electrons. The highest BCUT2D eigenvalue weighted by Gasteiger charge is 2.50. The van der Waals surface area contributed by atoms with Crippen molar-refractivity contribution in [3.8, 4) is 18.2 Å². The number of furan rings is 1. The molecule has 7 rings (SSSR count). The Hall–Kier alpha value is -4.61. The van der Waals surface area contributed by atoms with Crippen molar-refractivity contribution in [2.45, 2.75) is 56.7 Å². The summed E-state index contributed by atoms with van der Waals surface area (Å²) >= 11 is 0. The molecule has 3 aromatic heterocycles. The van der Waals surface area contributed by atoms with E-state index >= 15 is 0 Å². The maximum absolute atomic E-state index is 14.1. The minimum absolute atomic E-state index is 0.0319. The molecule has 0 unspecified atom stereocenters. The van der Waals surface area contributed by atoms with Gasteiger partial charge in [0.2, 0.25) is 11.7 Å². The van der Waals surface area contributed by atoms with Crippen molar-refractivity contribution in [1.29, 1.82) is 0 Å². The number of carbonyl (C=O) groups is 1. The molecule has 3 fully saturated rings. The summed E-state index contributed by atoms with van der Waals surface area (Å²) in [6.45, 7) is 5.69. The fourth-order valence-electron chi connectivity index (χ4n) is 6.44. The van der Waals surface area contributed by atoms with Crippen molar-refractivity contribution in [2.75, 3.05) is 42.7 Å².